The molecule has 0 radical (unpaired) electrons. The summed E-state index contributed by atoms with van der Waals surface area (Å²) >= 11 is 0. The molecular weight excluding hydrogens is 390 g/mol. The van der Waals surface area contributed by atoms with Gasteiger partial charge >= 0.3 is 0 Å². The van der Waals surface area contributed by atoms with Crippen LogP contribution >= 0.6 is 0 Å². The van der Waals surface area contributed by atoms with E-state index in [0.717, 1.165) is 36.2 Å². The monoisotopic (exact) mass is 421 g/mol. The van der Waals surface area contributed by atoms with Crippen LogP contribution in [0.15, 0.2) is 78.9 Å². The summed E-state index contributed by atoms with van der Waals surface area (Å²) in [7, 11) is 0. The first-order chi connectivity index (χ1) is 15.0. The minimum atomic E-state index is -0.808. The molecule has 0 aromatic heterocycles. The summed E-state index contributed by atoms with van der Waals surface area (Å²) in [4.78, 5) is 2.03. The van der Waals surface area contributed by atoms with Crippen LogP contribution in [-0.4, -0.2) is 46.1 Å². The molecule has 0 bridgehead atoms. The number of aliphatic hydroxyl groups is 1. The SMILES string of the molecule is CCN1CCC1O.CCOC(c1ccccc1)(c1ccc(O)cc1)c1ccc(O)cc1. The summed E-state index contributed by atoms with van der Waals surface area (Å²) in [6.45, 7) is 6.59. The highest BCUT2D eigenvalue weighted by Crippen LogP contribution is 2.41. The van der Waals surface area contributed by atoms with Gasteiger partial charge in [0.15, 0.2) is 0 Å². The molecule has 1 fully saturated rings. The Morgan fingerprint density at radius 1 is 0.806 bits per heavy atom. The minimum Gasteiger partial charge on any atom is -0.508 e. The first kappa shape index (κ1) is 22.8. The van der Waals surface area contributed by atoms with Crippen LogP contribution in [0.2, 0.25) is 0 Å². The topological polar surface area (TPSA) is 73.2 Å². The summed E-state index contributed by atoms with van der Waals surface area (Å²) < 4.78 is 6.30. The van der Waals surface area contributed by atoms with Crippen molar-refractivity contribution in [2.24, 2.45) is 0 Å². The van der Waals surface area contributed by atoms with Crippen molar-refractivity contribution in [3.8, 4) is 11.5 Å². The molecule has 1 heterocycles. The lowest BCUT2D eigenvalue weighted by molar-refractivity contribution is -0.0700. The van der Waals surface area contributed by atoms with Crippen LogP contribution < -0.4 is 0 Å². The Hall–Kier alpha value is -2.86. The molecule has 1 unspecified atom stereocenters. The summed E-state index contributed by atoms with van der Waals surface area (Å²) in [5.41, 5.74) is 2.01. The number of hydrogen-bond donors (Lipinski definition) is 3. The third-order valence-corrected chi connectivity index (χ3v) is 5.59. The van der Waals surface area contributed by atoms with Gasteiger partial charge in [-0.2, -0.15) is 0 Å². The van der Waals surface area contributed by atoms with Gasteiger partial charge in [-0.25, -0.2) is 0 Å². The average Bonchev–Trinajstić information content (AvgIpc) is 2.79. The molecule has 0 spiro atoms. The molecule has 3 N–H and O–H groups in total. The van der Waals surface area contributed by atoms with Gasteiger partial charge in [-0.15, -0.1) is 0 Å². The maximum atomic E-state index is 9.66. The van der Waals surface area contributed by atoms with Crippen LogP contribution in [0.5, 0.6) is 11.5 Å². The molecule has 1 aliphatic heterocycles. The van der Waals surface area contributed by atoms with Crippen LogP contribution in [0.3, 0.4) is 0 Å². The molecule has 1 aliphatic rings. The van der Waals surface area contributed by atoms with Crippen molar-refractivity contribution in [2.45, 2.75) is 32.1 Å². The number of phenols is 2. The number of likely N-dealkylation sites (tertiary alicyclic amines) is 1. The molecule has 3 aromatic rings. The fraction of sp³-hybridized carbons (Fsp3) is 0.308. The van der Waals surface area contributed by atoms with Crippen molar-refractivity contribution in [1.29, 1.82) is 0 Å². The number of aromatic hydroxyl groups is 2. The molecule has 0 saturated carbocycles. The van der Waals surface area contributed by atoms with Gasteiger partial charge in [-0.1, -0.05) is 61.5 Å². The molecule has 4 rings (SSSR count). The van der Waals surface area contributed by atoms with Gasteiger partial charge in [-0.05, 0) is 60.8 Å². The van der Waals surface area contributed by atoms with E-state index in [0.29, 0.717) is 6.61 Å². The first-order valence-corrected chi connectivity index (χ1v) is 10.7. The van der Waals surface area contributed by atoms with Crippen molar-refractivity contribution >= 4 is 0 Å². The number of hydrogen-bond acceptors (Lipinski definition) is 5. The van der Waals surface area contributed by atoms with Gasteiger partial charge in [0.25, 0.3) is 0 Å². The Kier molecular flexibility index (Phi) is 7.69. The van der Waals surface area contributed by atoms with Gasteiger partial charge < -0.3 is 20.1 Å². The van der Waals surface area contributed by atoms with E-state index in [-0.39, 0.29) is 17.7 Å². The molecule has 5 heteroatoms. The third kappa shape index (κ3) is 5.07. The van der Waals surface area contributed by atoms with E-state index in [4.69, 9.17) is 9.84 Å². The first-order valence-electron chi connectivity index (χ1n) is 10.7. The van der Waals surface area contributed by atoms with E-state index >= 15 is 0 Å². The predicted octanol–water partition coefficient (Wildman–Crippen LogP) is 4.46. The normalized spacial score (nSPS) is 16.2. The molecule has 5 nitrogen and oxygen atoms in total. The minimum absolute atomic E-state index is 0.120. The zero-order valence-corrected chi connectivity index (χ0v) is 18.1. The van der Waals surface area contributed by atoms with Gasteiger partial charge in [-0.3, -0.25) is 4.90 Å². The Balaban J connectivity index is 0.000000330. The summed E-state index contributed by atoms with van der Waals surface area (Å²) in [6.07, 6.45) is 0.846. The smallest absolute Gasteiger partial charge is 0.143 e. The van der Waals surface area contributed by atoms with Gasteiger partial charge in [0, 0.05) is 13.2 Å². The molecule has 0 amide bonds. The van der Waals surface area contributed by atoms with Crippen LogP contribution in [-0.2, 0) is 10.3 Å². The van der Waals surface area contributed by atoms with Crippen LogP contribution in [0.25, 0.3) is 0 Å². The summed E-state index contributed by atoms with van der Waals surface area (Å²) in [5, 5.41) is 28.1. The zero-order valence-electron chi connectivity index (χ0n) is 18.1. The van der Waals surface area contributed by atoms with Crippen LogP contribution in [0, 0.1) is 0 Å². The highest BCUT2D eigenvalue weighted by molar-refractivity contribution is 5.49. The predicted molar refractivity (Wildman–Crippen MR) is 122 cm³/mol. The maximum absolute atomic E-state index is 9.66. The van der Waals surface area contributed by atoms with E-state index in [1.807, 2.05) is 66.4 Å². The fourth-order valence-corrected chi connectivity index (χ4v) is 3.83. The fourth-order valence-electron chi connectivity index (χ4n) is 3.83. The van der Waals surface area contributed by atoms with E-state index in [1.165, 1.54) is 0 Å². The number of nitrogens with zero attached hydrogens (tertiary/aromatic N) is 1. The summed E-state index contributed by atoms with van der Waals surface area (Å²) in [6, 6.07) is 24.1. The van der Waals surface area contributed by atoms with Crippen molar-refractivity contribution in [2.75, 3.05) is 19.7 Å². The van der Waals surface area contributed by atoms with Gasteiger partial charge in [0.1, 0.15) is 23.3 Å². The second kappa shape index (κ2) is 10.4. The number of aliphatic hydroxyl groups excluding tert-OH is 1. The Morgan fingerprint density at radius 2 is 1.29 bits per heavy atom. The number of ether oxygens (including phenoxy) is 1. The second-order valence-electron chi connectivity index (χ2n) is 7.47. The highest BCUT2D eigenvalue weighted by Gasteiger charge is 2.37. The lowest BCUT2D eigenvalue weighted by Gasteiger charge is -2.35. The number of phenolic OH excluding ortho intramolecular Hbond substituents is 2. The van der Waals surface area contributed by atoms with Crippen LogP contribution in [0.4, 0.5) is 0 Å². The molecule has 31 heavy (non-hydrogen) atoms. The number of benzene rings is 3. The standard InChI is InChI=1S/C21H20O3.C5H11NO/c1-2-24-21(16-6-4-3-5-7-16,17-8-12-19(22)13-9-17)18-10-14-20(23)15-11-18;1-2-6-4-3-5(6)7/h3-15,22-23H,2H2,1H3;5,7H,2-4H2,1H3. The van der Waals surface area contributed by atoms with E-state index in [9.17, 15) is 10.2 Å². The summed E-state index contributed by atoms with van der Waals surface area (Å²) in [5.74, 6) is 0.422. The Bertz CT molecular complexity index is 878. The Morgan fingerprint density at radius 3 is 1.61 bits per heavy atom. The average molecular weight is 422 g/mol. The van der Waals surface area contributed by atoms with Gasteiger partial charge in [0.05, 0.1) is 0 Å². The molecule has 1 atom stereocenters. The molecule has 0 aliphatic carbocycles. The molecule has 1 saturated heterocycles. The molecule has 3 aromatic carbocycles. The number of rotatable bonds is 6. The largest absolute Gasteiger partial charge is 0.508 e. The highest BCUT2D eigenvalue weighted by atomic mass is 16.5. The lowest BCUT2D eigenvalue weighted by atomic mass is 9.80. The van der Waals surface area contributed by atoms with Crippen molar-refractivity contribution in [3.05, 3.63) is 95.6 Å². The molecular formula is C26H31NO4. The third-order valence-electron chi connectivity index (χ3n) is 5.59. The van der Waals surface area contributed by atoms with Crippen molar-refractivity contribution < 1.29 is 20.1 Å². The molecule has 164 valence electrons. The Labute approximate surface area is 184 Å². The van der Waals surface area contributed by atoms with Crippen molar-refractivity contribution in [3.63, 3.8) is 0 Å². The van der Waals surface area contributed by atoms with Gasteiger partial charge in [0.2, 0.25) is 0 Å². The second-order valence-corrected chi connectivity index (χ2v) is 7.47. The maximum Gasteiger partial charge on any atom is 0.143 e. The van der Waals surface area contributed by atoms with E-state index in [2.05, 4.69) is 6.92 Å². The van der Waals surface area contributed by atoms with E-state index < -0.39 is 5.60 Å². The van der Waals surface area contributed by atoms with E-state index in [1.54, 1.807) is 24.3 Å². The zero-order chi connectivity index (χ0) is 22.3. The van der Waals surface area contributed by atoms with Crippen molar-refractivity contribution in [1.82, 2.24) is 4.90 Å². The van der Waals surface area contributed by atoms with Crippen LogP contribution in [0.1, 0.15) is 37.0 Å². The quantitative estimate of drug-likeness (QED) is 0.513. The lowest BCUT2D eigenvalue weighted by Crippen LogP contribution is -2.46.